The number of nitrogens with one attached hydrogen (secondary N) is 1. The molecule has 2 aromatic rings. The molecule has 0 unspecified atom stereocenters. The van der Waals surface area contributed by atoms with Crippen molar-refractivity contribution < 1.29 is 19.0 Å². The van der Waals surface area contributed by atoms with E-state index >= 15 is 0 Å². The molecule has 0 saturated heterocycles. The van der Waals surface area contributed by atoms with Crippen LogP contribution in [0.3, 0.4) is 0 Å². The zero-order chi connectivity index (χ0) is 20.0. The largest absolute Gasteiger partial charge is 0.497 e. The summed E-state index contributed by atoms with van der Waals surface area (Å²) in [5.74, 6) is 1.86. The molecule has 0 saturated carbocycles. The first-order chi connectivity index (χ1) is 12.9. The highest BCUT2D eigenvalue weighted by Gasteiger charge is 2.21. The van der Waals surface area contributed by atoms with Crippen LogP contribution >= 0.6 is 15.9 Å². The molecule has 1 amide bonds. The van der Waals surface area contributed by atoms with Crippen LogP contribution in [-0.2, 0) is 11.3 Å². The number of anilines is 1. The number of methoxy groups -OCH3 is 3. The zero-order valence-corrected chi connectivity index (χ0v) is 17.8. The van der Waals surface area contributed by atoms with Gasteiger partial charge in [-0.15, -0.1) is 0 Å². The highest BCUT2D eigenvalue weighted by atomic mass is 79.9. The molecule has 1 atom stereocenters. The summed E-state index contributed by atoms with van der Waals surface area (Å²) >= 11 is 3.48. The number of benzene rings is 2. The number of carbonyl (C=O) groups is 1. The Morgan fingerprint density at radius 2 is 1.74 bits per heavy atom. The van der Waals surface area contributed by atoms with Gasteiger partial charge in [0.05, 0.1) is 33.1 Å². The van der Waals surface area contributed by atoms with E-state index in [2.05, 4.69) is 21.2 Å². The number of nitrogens with zero attached hydrogens (tertiary/aromatic N) is 1. The number of halogens is 1. The quantitative estimate of drug-likeness (QED) is 0.678. The standard InChI is InChI=1S/C20H25BrN2O4/c1-13(23(2)12-14-10-15(21)6-8-18(14)26-4)20(24)22-17-11-16(25-3)7-9-19(17)27-5/h6-11,13H,12H2,1-5H3,(H,22,24)/t13-/m1/s1. The first-order valence-corrected chi connectivity index (χ1v) is 9.24. The lowest BCUT2D eigenvalue weighted by molar-refractivity contribution is -0.120. The molecular weight excluding hydrogens is 412 g/mol. The summed E-state index contributed by atoms with van der Waals surface area (Å²) in [6, 6.07) is 10.7. The molecule has 0 spiro atoms. The highest BCUT2D eigenvalue weighted by molar-refractivity contribution is 9.10. The molecule has 1 N–H and O–H groups in total. The number of hydrogen-bond donors (Lipinski definition) is 1. The molecule has 0 bridgehead atoms. The van der Waals surface area contributed by atoms with E-state index < -0.39 is 0 Å². The SMILES string of the molecule is COc1ccc(OC)c(NC(=O)[C@@H](C)N(C)Cc2cc(Br)ccc2OC)c1. The fraction of sp³-hybridized carbons (Fsp3) is 0.350. The van der Waals surface area contributed by atoms with Crippen molar-refractivity contribution in [3.05, 3.63) is 46.4 Å². The van der Waals surface area contributed by atoms with Crippen LogP contribution < -0.4 is 19.5 Å². The van der Waals surface area contributed by atoms with Gasteiger partial charge in [-0.1, -0.05) is 15.9 Å². The fourth-order valence-electron chi connectivity index (χ4n) is 2.63. The summed E-state index contributed by atoms with van der Waals surface area (Å²) in [7, 11) is 6.67. The van der Waals surface area contributed by atoms with E-state index in [0.717, 1.165) is 15.8 Å². The van der Waals surface area contributed by atoms with Gasteiger partial charge < -0.3 is 19.5 Å². The van der Waals surface area contributed by atoms with E-state index in [1.807, 2.05) is 37.1 Å². The van der Waals surface area contributed by atoms with Crippen LogP contribution in [0.5, 0.6) is 17.2 Å². The van der Waals surface area contributed by atoms with Crippen LogP contribution in [0.1, 0.15) is 12.5 Å². The first kappa shape index (κ1) is 21.1. The summed E-state index contributed by atoms with van der Waals surface area (Å²) in [6.45, 7) is 2.42. The Morgan fingerprint density at radius 1 is 1.07 bits per heavy atom. The van der Waals surface area contributed by atoms with Gasteiger partial charge in [0.25, 0.3) is 0 Å². The number of amides is 1. The minimum absolute atomic E-state index is 0.141. The van der Waals surface area contributed by atoms with Gasteiger partial charge in [0.2, 0.25) is 5.91 Å². The third-order valence-electron chi connectivity index (χ3n) is 4.37. The molecule has 27 heavy (non-hydrogen) atoms. The summed E-state index contributed by atoms with van der Waals surface area (Å²) in [5.41, 5.74) is 1.56. The van der Waals surface area contributed by atoms with E-state index in [1.54, 1.807) is 39.5 Å². The molecule has 0 fully saturated rings. The molecule has 0 heterocycles. The van der Waals surface area contributed by atoms with Crippen molar-refractivity contribution in [2.75, 3.05) is 33.7 Å². The molecule has 2 aromatic carbocycles. The van der Waals surface area contributed by atoms with Crippen LogP contribution in [0, 0.1) is 0 Å². The van der Waals surface area contributed by atoms with E-state index in [4.69, 9.17) is 14.2 Å². The molecule has 0 radical (unpaired) electrons. The second-order valence-corrected chi connectivity index (χ2v) is 7.02. The Bertz CT molecular complexity index is 798. The second-order valence-electron chi connectivity index (χ2n) is 6.10. The van der Waals surface area contributed by atoms with Gasteiger partial charge in [-0.05, 0) is 44.3 Å². The molecule has 6 nitrogen and oxygen atoms in total. The Balaban J connectivity index is 2.12. The number of likely N-dealkylation sites (N-methyl/N-ethyl adjacent to an activating group) is 1. The number of hydrogen-bond acceptors (Lipinski definition) is 5. The lowest BCUT2D eigenvalue weighted by Gasteiger charge is -2.25. The van der Waals surface area contributed by atoms with Gasteiger partial charge >= 0.3 is 0 Å². The topological polar surface area (TPSA) is 60.0 Å². The highest BCUT2D eigenvalue weighted by Crippen LogP contribution is 2.29. The fourth-order valence-corrected chi connectivity index (χ4v) is 3.03. The maximum Gasteiger partial charge on any atom is 0.241 e. The van der Waals surface area contributed by atoms with E-state index in [0.29, 0.717) is 23.7 Å². The summed E-state index contributed by atoms with van der Waals surface area (Å²) < 4.78 is 16.9. The molecular formula is C20H25BrN2O4. The molecule has 0 aliphatic heterocycles. The zero-order valence-electron chi connectivity index (χ0n) is 16.2. The molecule has 0 aromatic heterocycles. The van der Waals surface area contributed by atoms with Gasteiger partial charge in [-0.25, -0.2) is 0 Å². The van der Waals surface area contributed by atoms with Crippen molar-refractivity contribution in [2.24, 2.45) is 0 Å². The van der Waals surface area contributed by atoms with Crippen molar-refractivity contribution in [1.29, 1.82) is 0 Å². The van der Waals surface area contributed by atoms with E-state index in [-0.39, 0.29) is 11.9 Å². The maximum atomic E-state index is 12.7. The molecule has 0 aliphatic carbocycles. The Morgan fingerprint density at radius 3 is 2.37 bits per heavy atom. The minimum Gasteiger partial charge on any atom is -0.497 e. The molecule has 7 heteroatoms. The normalized spacial score (nSPS) is 11.8. The first-order valence-electron chi connectivity index (χ1n) is 8.45. The van der Waals surface area contributed by atoms with Crippen LogP contribution in [0.15, 0.2) is 40.9 Å². The predicted octanol–water partition coefficient (Wildman–Crippen LogP) is 3.93. The average molecular weight is 437 g/mol. The van der Waals surface area contributed by atoms with Crippen LogP contribution in [-0.4, -0.2) is 45.2 Å². The van der Waals surface area contributed by atoms with Crippen molar-refractivity contribution in [1.82, 2.24) is 4.90 Å². The van der Waals surface area contributed by atoms with Crippen LogP contribution in [0.4, 0.5) is 5.69 Å². The summed E-state index contributed by atoms with van der Waals surface area (Å²) in [5, 5.41) is 2.92. The van der Waals surface area contributed by atoms with E-state index in [9.17, 15) is 4.79 Å². The van der Waals surface area contributed by atoms with Gasteiger partial charge in [-0.2, -0.15) is 0 Å². The third kappa shape index (κ3) is 5.37. The predicted molar refractivity (Wildman–Crippen MR) is 110 cm³/mol. The molecule has 146 valence electrons. The molecule has 0 aliphatic rings. The lowest BCUT2D eigenvalue weighted by Crippen LogP contribution is -2.39. The Kier molecular flexibility index (Phi) is 7.50. The Labute approximate surface area is 168 Å². The van der Waals surface area contributed by atoms with Gasteiger partial charge in [0.15, 0.2) is 0 Å². The number of rotatable bonds is 8. The number of carbonyl (C=O) groups excluding carboxylic acids is 1. The van der Waals surface area contributed by atoms with Crippen LogP contribution in [0.25, 0.3) is 0 Å². The Hall–Kier alpha value is -2.25. The number of ether oxygens (including phenoxy) is 3. The van der Waals surface area contributed by atoms with Gasteiger partial charge in [-0.3, -0.25) is 9.69 Å². The lowest BCUT2D eigenvalue weighted by atomic mass is 10.1. The van der Waals surface area contributed by atoms with Crippen molar-refractivity contribution in [3.8, 4) is 17.2 Å². The van der Waals surface area contributed by atoms with Crippen molar-refractivity contribution in [3.63, 3.8) is 0 Å². The smallest absolute Gasteiger partial charge is 0.241 e. The third-order valence-corrected chi connectivity index (χ3v) is 4.86. The second kappa shape index (κ2) is 9.62. The minimum atomic E-state index is -0.371. The summed E-state index contributed by atoms with van der Waals surface area (Å²) in [4.78, 5) is 14.7. The van der Waals surface area contributed by atoms with Crippen LogP contribution in [0.2, 0.25) is 0 Å². The van der Waals surface area contributed by atoms with Gasteiger partial charge in [0, 0.05) is 22.6 Å². The van der Waals surface area contributed by atoms with Gasteiger partial charge in [0.1, 0.15) is 17.2 Å². The monoisotopic (exact) mass is 436 g/mol. The maximum absolute atomic E-state index is 12.7. The average Bonchev–Trinajstić information content (AvgIpc) is 2.67. The molecule has 2 rings (SSSR count). The van der Waals surface area contributed by atoms with E-state index in [1.165, 1.54) is 0 Å². The summed E-state index contributed by atoms with van der Waals surface area (Å²) in [6.07, 6.45) is 0. The van der Waals surface area contributed by atoms with Crippen molar-refractivity contribution >= 4 is 27.5 Å². The van der Waals surface area contributed by atoms with Crippen molar-refractivity contribution in [2.45, 2.75) is 19.5 Å².